The molecule has 3 nitrogen and oxygen atoms in total. The highest BCUT2D eigenvalue weighted by Gasteiger charge is 2.18. The second-order valence-electron chi connectivity index (χ2n) is 9.22. The Hall–Kier alpha value is -2.94. The van der Waals surface area contributed by atoms with Crippen LogP contribution >= 0.6 is 0 Å². The molecule has 160 valence electrons. The molecule has 3 heteroatoms. The molecule has 0 radical (unpaired) electrons. The number of aromatic nitrogens is 1. The number of fused-ring (bicyclic) bond motifs is 1. The van der Waals surface area contributed by atoms with E-state index in [0.717, 1.165) is 23.5 Å². The van der Waals surface area contributed by atoms with E-state index in [0.29, 0.717) is 17.9 Å². The minimum absolute atomic E-state index is 0.425. The molecule has 4 rings (SSSR count). The van der Waals surface area contributed by atoms with E-state index in [-0.39, 0.29) is 0 Å². The van der Waals surface area contributed by atoms with Gasteiger partial charge in [-0.3, -0.25) is 4.99 Å². The molecule has 0 bridgehead atoms. The molecule has 1 aromatic heterocycles. The van der Waals surface area contributed by atoms with Crippen molar-refractivity contribution < 1.29 is 0 Å². The van der Waals surface area contributed by atoms with Crippen molar-refractivity contribution in [2.75, 3.05) is 5.32 Å². The van der Waals surface area contributed by atoms with Crippen LogP contribution in [-0.2, 0) is 6.42 Å². The Morgan fingerprint density at radius 2 is 1.61 bits per heavy atom. The molecule has 2 aromatic carbocycles. The number of anilines is 1. The van der Waals surface area contributed by atoms with Crippen molar-refractivity contribution in [3.8, 4) is 11.3 Å². The van der Waals surface area contributed by atoms with E-state index in [2.05, 4.69) is 88.5 Å². The lowest BCUT2D eigenvalue weighted by Gasteiger charge is -2.26. The van der Waals surface area contributed by atoms with E-state index in [9.17, 15) is 0 Å². The van der Waals surface area contributed by atoms with Crippen LogP contribution in [0.2, 0.25) is 0 Å². The van der Waals surface area contributed by atoms with Crippen LogP contribution < -0.4 is 5.32 Å². The summed E-state index contributed by atoms with van der Waals surface area (Å²) in [5.74, 6) is 0.850. The zero-order valence-electron chi connectivity index (χ0n) is 19.3. The molecule has 2 heterocycles. The third-order valence-electron chi connectivity index (χ3n) is 6.10. The Labute approximate surface area is 186 Å². The summed E-state index contributed by atoms with van der Waals surface area (Å²) in [6.45, 7) is 11.1. The summed E-state index contributed by atoms with van der Waals surface area (Å²) in [4.78, 5) is 9.90. The number of nitrogens with zero attached hydrogens (tertiary/aromatic N) is 2. The number of rotatable bonds is 5. The van der Waals surface area contributed by atoms with Crippen LogP contribution in [0.3, 0.4) is 0 Å². The van der Waals surface area contributed by atoms with Gasteiger partial charge in [-0.15, -0.1) is 0 Å². The van der Waals surface area contributed by atoms with E-state index in [4.69, 9.17) is 9.98 Å². The number of pyridine rings is 1. The van der Waals surface area contributed by atoms with Gasteiger partial charge in [-0.05, 0) is 60.4 Å². The van der Waals surface area contributed by atoms with Crippen molar-refractivity contribution >= 4 is 17.6 Å². The molecule has 1 atom stereocenters. The van der Waals surface area contributed by atoms with Gasteiger partial charge < -0.3 is 5.32 Å². The Bertz CT molecular complexity index is 1070. The lowest BCUT2D eigenvalue weighted by molar-refractivity contribution is 0.681. The van der Waals surface area contributed by atoms with Crippen molar-refractivity contribution in [3.05, 3.63) is 77.0 Å². The van der Waals surface area contributed by atoms with Crippen LogP contribution in [0.4, 0.5) is 11.4 Å². The maximum absolute atomic E-state index is 4.95. The number of nitrogens with one attached hydrogen (secondary N) is 1. The summed E-state index contributed by atoms with van der Waals surface area (Å²) < 4.78 is 0. The smallest absolute Gasteiger partial charge is 0.0820 e. The highest BCUT2D eigenvalue weighted by Crippen LogP contribution is 2.36. The van der Waals surface area contributed by atoms with Crippen LogP contribution in [-0.4, -0.2) is 17.2 Å². The highest BCUT2D eigenvalue weighted by molar-refractivity contribution is 5.84. The zero-order chi connectivity index (χ0) is 22.0. The average Bonchev–Trinajstić information content (AvgIpc) is 2.77. The maximum atomic E-state index is 4.95. The van der Waals surface area contributed by atoms with Gasteiger partial charge in [0, 0.05) is 17.3 Å². The standard InChI is InChI=1S/C28H33N3/c1-18(2)23-11-8-12-24(19(3)4)28(23)29-17-22-10-7-14-26(31-22)25-13-6-9-21-16-15-20(5)30-27(21)25/h6-14,17-20,30H,15-16H2,1-5H3. The van der Waals surface area contributed by atoms with Crippen molar-refractivity contribution in [1.82, 2.24) is 4.98 Å². The fourth-order valence-electron chi connectivity index (χ4n) is 4.35. The summed E-state index contributed by atoms with van der Waals surface area (Å²) in [6, 6.07) is 19.7. The summed E-state index contributed by atoms with van der Waals surface area (Å²) in [5, 5.41) is 3.67. The second kappa shape index (κ2) is 9.05. The number of hydrogen-bond acceptors (Lipinski definition) is 3. The quantitative estimate of drug-likeness (QED) is 0.442. The van der Waals surface area contributed by atoms with Crippen molar-refractivity contribution in [2.24, 2.45) is 4.99 Å². The molecule has 0 fully saturated rings. The first-order chi connectivity index (χ1) is 14.9. The van der Waals surface area contributed by atoms with Gasteiger partial charge in [0.25, 0.3) is 0 Å². The zero-order valence-corrected chi connectivity index (χ0v) is 19.3. The van der Waals surface area contributed by atoms with E-state index >= 15 is 0 Å². The third kappa shape index (κ3) is 4.56. The molecule has 0 spiro atoms. The minimum Gasteiger partial charge on any atom is -0.382 e. The first-order valence-corrected chi connectivity index (χ1v) is 11.5. The number of hydrogen-bond donors (Lipinski definition) is 1. The minimum atomic E-state index is 0.425. The Morgan fingerprint density at radius 3 is 2.32 bits per heavy atom. The number of para-hydroxylation sites is 2. The molecule has 1 unspecified atom stereocenters. The molecule has 1 aliphatic heterocycles. The average molecular weight is 412 g/mol. The molecule has 0 saturated carbocycles. The largest absolute Gasteiger partial charge is 0.382 e. The Balaban J connectivity index is 1.71. The van der Waals surface area contributed by atoms with Gasteiger partial charge in [0.15, 0.2) is 0 Å². The van der Waals surface area contributed by atoms with Gasteiger partial charge in [-0.25, -0.2) is 4.98 Å². The predicted octanol–water partition coefficient (Wildman–Crippen LogP) is 7.49. The van der Waals surface area contributed by atoms with Gasteiger partial charge in [-0.1, -0.05) is 70.2 Å². The van der Waals surface area contributed by atoms with Gasteiger partial charge in [0.2, 0.25) is 0 Å². The molecule has 3 aromatic rings. The Kier molecular flexibility index (Phi) is 6.22. The number of benzene rings is 2. The van der Waals surface area contributed by atoms with Crippen LogP contribution in [0.25, 0.3) is 11.3 Å². The van der Waals surface area contributed by atoms with Crippen molar-refractivity contribution in [3.63, 3.8) is 0 Å². The fraction of sp³-hybridized carbons (Fsp3) is 0.357. The van der Waals surface area contributed by atoms with Gasteiger partial charge in [0.1, 0.15) is 0 Å². The van der Waals surface area contributed by atoms with Gasteiger partial charge in [0.05, 0.1) is 23.3 Å². The topological polar surface area (TPSA) is 37.3 Å². The maximum Gasteiger partial charge on any atom is 0.0820 e. The Morgan fingerprint density at radius 1 is 0.935 bits per heavy atom. The predicted molar refractivity (Wildman–Crippen MR) is 133 cm³/mol. The molecule has 31 heavy (non-hydrogen) atoms. The summed E-state index contributed by atoms with van der Waals surface area (Å²) >= 11 is 0. The lowest BCUT2D eigenvalue weighted by Crippen LogP contribution is -2.22. The molecule has 1 N–H and O–H groups in total. The van der Waals surface area contributed by atoms with Crippen LogP contribution in [0.15, 0.2) is 59.6 Å². The van der Waals surface area contributed by atoms with Crippen LogP contribution in [0, 0.1) is 0 Å². The summed E-state index contributed by atoms with van der Waals surface area (Å²) in [5.41, 5.74) is 9.31. The molecular formula is C28H33N3. The van der Waals surface area contributed by atoms with Crippen molar-refractivity contribution in [2.45, 2.75) is 65.3 Å². The lowest BCUT2D eigenvalue weighted by atomic mass is 9.93. The van der Waals surface area contributed by atoms with Crippen molar-refractivity contribution in [1.29, 1.82) is 0 Å². The van der Waals surface area contributed by atoms with Crippen LogP contribution in [0.5, 0.6) is 0 Å². The SMILES string of the molecule is CC1CCc2cccc(-c3cccc(C=Nc4c(C(C)C)cccc4C(C)C)n3)c2N1. The van der Waals surface area contributed by atoms with E-state index in [1.165, 1.54) is 34.4 Å². The first-order valence-electron chi connectivity index (χ1n) is 11.5. The summed E-state index contributed by atoms with van der Waals surface area (Å²) in [7, 11) is 0. The van der Waals surface area contributed by atoms with E-state index in [1.54, 1.807) is 0 Å². The normalized spacial score (nSPS) is 16.0. The van der Waals surface area contributed by atoms with Gasteiger partial charge in [-0.2, -0.15) is 0 Å². The number of aryl methyl sites for hydroxylation is 1. The first kappa shape index (κ1) is 21.3. The molecule has 0 amide bonds. The third-order valence-corrected chi connectivity index (χ3v) is 6.10. The monoisotopic (exact) mass is 411 g/mol. The fourth-order valence-corrected chi connectivity index (χ4v) is 4.35. The number of aliphatic imine (C=N–C) groups is 1. The summed E-state index contributed by atoms with van der Waals surface area (Å²) in [6.07, 6.45) is 4.20. The van der Waals surface area contributed by atoms with E-state index < -0.39 is 0 Å². The molecule has 1 aliphatic rings. The molecule has 0 saturated heterocycles. The molecular weight excluding hydrogens is 378 g/mol. The second-order valence-corrected chi connectivity index (χ2v) is 9.22. The van der Waals surface area contributed by atoms with E-state index in [1.807, 2.05) is 12.3 Å². The van der Waals surface area contributed by atoms with Gasteiger partial charge >= 0.3 is 0 Å². The highest BCUT2D eigenvalue weighted by atomic mass is 14.9. The molecule has 0 aliphatic carbocycles. The van der Waals surface area contributed by atoms with Crippen LogP contribution in [0.1, 0.15) is 75.3 Å².